The van der Waals surface area contributed by atoms with Crippen LogP contribution >= 0.6 is 0 Å². The highest BCUT2D eigenvalue weighted by Crippen LogP contribution is 2.29. The fourth-order valence-corrected chi connectivity index (χ4v) is 1.99. The Labute approximate surface area is 103 Å². The van der Waals surface area contributed by atoms with Crippen molar-refractivity contribution in [3.05, 3.63) is 18.6 Å². The van der Waals surface area contributed by atoms with Gasteiger partial charge in [0.2, 0.25) is 0 Å². The number of rotatable bonds is 5. The van der Waals surface area contributed by atoms with Gasteiger partial charge in [0.05, 0.1) is 11.8 Å². The van der Waals surface area contributed by atoms with Gasteiger partial charge in [-0.05, 0) is 29.3 Å². The van der Waals surface area contributed by atoms with Gasteiger partial charge in [0.15, 0.2) is 11.4 Å². The summed E-state index contributed by atoms with van der Waals surface area (Å²) >= 11 is 0. The van der Waals surface area contributed by atoms with Crippen molar-refractivity contribution in [1.82, 2.24) is 20.2 Å². The zero-order chi connectivity index (χ0) is 13.2. The first kappa shape index (κ1) is 12.3. The van der Waals surface area contributed by atoms with Crippen LogP contribution in [0.25, 0.3) is 11.4 Å². The normalized spacial score (nSPS) is 11.7. The van der Waals surface area contributed by atoms with Gasteiger partial charge in [-0.2, -0.15) is 0 Å². The maximum atomic E-state index is 11.6. The number of hydrogen-bond donors (Lipinski definition) is 1. The van der Waals surface area contributed by atoms with E-state index in [0.717, 1.165) is 0 Å². The van der Waals surface area contributed by atoms with Gasteiger partial charge in [0, 0.05) is 0 Å². The van der Waals surface area contributed by atoms with Gasteiger partial charge in [-0.15, -0.1) is 5.10 Å². The van der Waals surface area contributed by atoms with Crippen LogP contribution in [0.4, 0.5) is 0 Å². The average molecular weight is 250 g/mol. The number of hydrogen-bond acceptors (Lipinski definition) is 5. The van der Waals surface area contributed by atoms with Gasteiger partial charge >= 0.3 is 5.97 Å². The summed E-state index contributed by atoms with van der Waals surface area (Å²) in [4.78, 5) is 11.6. The Bertz CT molecular complexity index is 528. The summed E-state index contributed by atoms with van der Waals surface area (Å²) in [5.74, 6) is -0.542. The minimum Gasteiger partial charge on any atom is -0.479 e. The van der Waals surface area contributed by atoms with Crippen LogP contribution in [0.3, 0.4) is 0 Å². The van der Waals surface area contributed by atoms with Crippen LogP contribution in [0.15, 0.2) is 23.0 Å². The van der Waals surface area contributed by atoms with E-state index in [1.807, 2.05) is 0 Å². The molecule has 0 aliphatic rings. The molecule has 0 radical (unpaired) electrons. The van der Waals surface area contributed by atoms with E-state index >= 15 is 0 Å². The Balaban J connectivity index is 2.57. The van der Waals surface area contributed by atoms with Crippen molar-refractivity contribution in [3.8, 4) is 11.4 Å². The molecule has 2 rings (SSSR count). The first-order chi connectivity index (χ1) is 8.65. The number of furan rings is 1. The van der Waals surface area contributed by atoms with Crippen LogP contribution in [-0.4, -0.2) is 31.3 Å². The molecule has 0 aliphatic heterocycles. The summed E-state index contributed by atoms with van der Waals surface area (Å²) in [5.41, 5.74) is -0.469. The van der Waals surface area contributed by atoms with E-state index in [0.29, 0.717) is 24.2 Å². The van der Waals surface area contributed by atoms with E-state index in [2.05, 4.69) is 15.5 Å². The molecule has 0 aliphatic carbocycles. The van der Waals surface area contributed by atoms with E-state index in [-0.39, 0.29) is 0 Å². The number of carboxylic acid groups (broad SMARTS) is 1. The second-order valence-electron chi connectivity index (χ2n) is 3.97. The van der Waals surface area contributed by atoms with E-state index < -0.39 is 11.5 Å². The predicted octanol–water partition coefficient (Wildman–Crippen LogP) is 1.53. The molecule has 7 heteroatoms. The molecule has 0 fully saturated rings. The maximum absolute atomic E-state index is 11.6. The summed E-state index contributed by atoms with van der Waals surface area (Å²) in [6, 6.07) is 1.69. The fraction of sp³-hybridized carbons (Fsp3) is 0.455. The second kappa shape index (κ2) is 4.59. The minimum atomic E-state index is -1.13. The average Bonchev–Trinajstić information content (AvgIpc) is 3.01. The van der Waals surface area contributed by atoms with Crippen molar-refractivity contribution >= 4 is 5.97 Å². The van der Waals surface area contributed by atoms with Gasteiger partial charge in [-0.25, -0.2) is 9.48 Å². The Hall–Kier alpha value is -2.18. The first-order valence-corrected chi connectivity index (χ1v) is 5.70. The molecule has 18 heavy (non-hydrogen) atoms. The smallest absolute Gasteiger partial charge is 0.331 e. The van der Waals surface area contributed by atoms with Crippen molar-refractivity contribution in [2.75, 3.05) is 0 Å². The topological polar surface area (TPSA) is 94.0 Å². The van der Waals surface area contributed by atoms with Gasteiger partial charge < -0.3 is 9.52 Å². The van der Waals surface area contributed by atoms with Crippen LogP contribution < -0.4 is 0 Å². The lowest BCUT2D eigenvalue weighted by molar-refractivity contribution is -0.148. The third kappa shape index (κ3) is 1.68. The summed E-state index contributed by atoms with van der Waals surface area (Å²) in [6.45, 7) is 3.61. The Morgan fingerprint density at radius 1 is 1.50 bits per heavy atom. The third-order valence-electron chi connectivity index (χ3n) is 3.22. The molecule has 7 nitrogen and oxygen atoms in total. The highest BCUT2D eigenvalue weighted by Gasteiger charge is 2.40. The zero-order valence-electron chi connectivity index (χ0n) is 10.2. The Morgan fingerprint density at radius 3 is 2.72 bits per heavy atom. The van der Waals surface area contributed by atoms with Gasteiger partial charge in [-0.1, -0.05) is 13.8 Å². The highest BCUT2D eigenvalue weighted by molar-refractivity contribution is 5.77. The molecule has 0 bridgehead atoms. The van der Waals surface area contributed by atoms with E-state index in [4.69, 9.17) is 4.42 Å². The first-order valence-electron chi connectivity index (χ1n) is 5.70. The molecular weight excluding hydrogens is 236 g/mol. The van der Waals surface area contributed by atoms with Crippen molar-refractivity contribution in [2.45, 2.75) is 32.2 Å². The van der Waals surface area contributed by atoms with Crippen molar-refractivity contribution < 1.29 is 14.3 Å². The van der Waals surface area contributed by atoms with Crippen molar-refractivity contribution in [2.24, 2.45) is 0 Å². The molecule has 0 spiro atoms. The standard InChI is InChI=1S/C11H14N4O3/c1-3-11(4-2,10(16)17)15-9(12-13-14-15)8-5-6-18-7-8/h5-7H,3-4H2,1-2H3,(H,16,17). The number of tetrazole rings is 1. The number of aromatic nitrogens is 4. The number of carbonyl (C=O) groups is 1. The van der Waals surface area contributed by atoms with Gasteiger partial charge in [-0.3, -0.25) is 0 Å². The Morgan fingerprint density at radius 2 is 2.22 bits per heavy atom. The quantitative estimate of drug-likeness (QED) is 0.864. The van der Waals surface area contributed by atoms with Crippen molar-refractivity contribution in [1.29, 1.82) is 0 Å². The van der Waals surface area contributed by atoms with Crippen LogP contribution in [0.2, 0.25) is 0 Å². The molecule has 96 valence electrons. The summed E-state index contributed by atoms with van der Waals surface area (Å²) < 4.78 is 6.34. The van der Waals surface area contributed by atoms with E-state index in [9.17, 15) is 9.90 Å². The van der Waals surface area contributed by atoms with Crippen LogP contribution in [0.1, 0.15) is 26.7 Å². The molecule has 2 heterocycles. The Kier molecular flexibility index (Phi) is 3.14. The van der Waals surface area contributed by atoms with E-state index in [1.165, 1.54) is 17.2 Å². The predicted molar refractivity (Wildman–Crippen MR) is 61.7 cm³/mol. The SMILES string of the molecule is CCC(CC)(C(=O)O)n1nnnc1-c1ccoc1. The molecule has 0 saturated carbocycles. The lowest BCUT2D eigenvalue weighted by Gasteiger charge is -2.27. The lowest BCUT2D eigenvalue weighted by atomic mass is 9.93. The van der Waals surface area contributed by atoms with Crippen molar-refractivity contribution in [3.63, 3.8) is 0 Å². The molecule has 0 aromatic carbocycles. The molecule has 0 unspecified atom stereocenters. The van der Waals surface area contributed by atoms with Crippen LogP contribution in [0, 0.1) is 0 Å². The molecule has 0 atom stereocenters. The molecule has 2 aromatic heterocycles. The number of carboxylic acids is 1. The molecule has 0 amide bonds. The van der Waals surface area contributed by atoms with Gasteiger partial charge in [0.1, 0.15) is 6.26 Å². The molecule has 1 N–H and O–H groups in total. The van der Waals surface area contributed by atoms with E-state index in [1.54, 1.807) is 19.9 Å². The lowest BCUT2D eigenvalue weighted by Crippen LogP contribution is -2.42. The van der Waals surface area contributed by atoms with Crippen LogP contribution in [-0.2, 0) is 10.3 Å². The second-order valence-corrected chi connectivity index (χ2v) is 3.97. The fourth-order valence-electron chi connectivity index (χ4n) is 1.99. The highest BCUT2D eigenvalue weighted by atomic mass is 16.4. The number of aliphatic carboxylic acids is 1. The molecular formula is C11H14N4O3. The summed E-state index contributed by atoms with van der Waals surface area (Å²) in [7, 11) is 0. The molecule has 2 aromatic rings. The summed E-state index contributed by atoms with van der Waals surface area (Å²) in [5, 5.41) is 20.8. The monoisotopic (exact) mass is 250 g/mol. The van der Waals surface area contributed by atoms with Gasteiger partial charge in [0.25, 0.3) is 0 Å². The summed E-state index contributed by atoms with van der Waals surface area (Å²) in [6.07, 6.45) is 3.78. The number of nitrogens with zero attached hydrogens (tertiary/aromatic N) is 4. The minimum absolute atomic E-state index is 0.398. The van der Waals surface area contributed by atoms with Crippen LogP contribution in [0.5, 0.6) is 0 Å². The zero-order valence-corrected chi connectivity index (χ0v) is 10.2. The maximum Gasteiger partial charge on any atom is 0.331 e. The third-order valence-corrected chi connectivity index (χ3v) is 3.22. The molecule has 0 saturated heterocycles. The largest absolute Gasteiger partial charge is 0.479 e.